The van der Waals surface area contributed by atoms with Crippen molar-refractivity contribution in [2.24, 2.45) is 11.8 Å². The van der Waals surface area contributed by atoms with Gasteiger partial charge in [0.15, 0.2) is 0 Å². The number of thiol groups is 1. The van der Waals surface area contributed by atoms with Crippen molar-refractivity contribution in [2.45, 2.75) is 38.7 Å². The molecule has 0 saturated heterocycles. The first-order valence-corrected chi connectivity index (χ1v) is 7.31. The number of aliphatic carboxylic acids is 1. The summed E-state index contributed by atoms with van der Waals surface area (Å²) in [4.78, 5) is 22.4. The number of rotatable bonds is 7. The lowest BCUT2D eigenvalue weighted by Crippen LogP contribution is -2.34. The molecule has 5 nitrogen and oxygen atoms in total. The number of hydrogen-bond donors (Lipinski definition) is 2. The highest BCUT2D eigenvalue weighted by atomic mass is 32.1. The SMILES string of the molecule is CC(CS)C(=O)OCCOC1CCCCC1C(=O)O. The quantitative estimate of drug-likeness (QED) is 0.424. The lowest BCUT2D eigenvalue weighted by molar-refractivity contribution is -0.155. The molecule has 0 aromatic heterocycles. The van der Waals surface area contributed by atoms with Crippen molar-refractivity contribution in [3.63, 3.8) is 0 Å². The number of esters is 1. The molecule has 0 aromatic carbocycles. The number of ether oxygens (including phenoxy) is 2. The summed E-state index contributed by atoms with van der Waals surface area (Å²) in [5.41, 5.74) is 0. The van der Waals surface area contributed by atoms with Crippen LogP contribution in [-0.2, 0) is 19.1 Å². The summed E-state index contributed by atoms with van der Waals surface area (Å²) in [5, 5.41) is 9.08. The second-order valence-corrected chi connectivity index (χ2v) is 5.25. The van der Waals surface area contributed by atoms with E-state index in [1.807, 2.05) is 0 Å². The first-order valence-electron chi connectivity index (χ1n) is 6.68. The summed E-state index contributed by atoms with van der Waals surface area (Å²) in [6, 6.07) is 0. The predicted molar refractivity (Wildman–Crippen MR) is 73.3 cm³/mol. The molecular formula is C13H22O5S. The number of carbonyl (C=O) groups excluding carboxylic acids is 1. The second-order valence-electron chi connectivity index (χ2n) is 4.89. The van der Waals surface area contributed by atoms with E-state index in [0.29, 0.717) is 12.2 Å². The van der Waals surface area contributed by atoms with E-state index in [-0.39, 0.29) is 31.2 Å². The Morgan fingerprint density at radius 3 is 2.63 bits per heavy atom. The molecule has 0 bridgehead atoms. The minimum atomic E-state index is -0.801. The molecule has 1 fully saturated rings. The van der Waals surface area contributed by atoms with E-state index in [0.717, 1.165) is 19.3 Å². The Hall–Kier alpha value is -0.750. The maximum absolute atomic E-state index is 11.4. The van der Waals surface area contributed by atoms with Crippen LogP contribution in [0.25, 0.3) is 0 Å². The van der Waals surface area contributed by atoms with E-state index < -0.39 is 11.9 Å². The predicted octanol–water partition coefficient (Wildman–Crippen LogP) is 1.76. The molecule has 0 heterocycles. The molecule has 19 heavy (non-hydrogen) atoms. The highest BCUT2D eigenvalue weighted by molar-refractivity contribution is 7.80. The third kappa shape index (κ3) is 5.40. The van der Waals surface area contributed by atoms with Crippen LogP contribution in [-0.4, -0.2) is 42.1 Å². The van der Waals surface area contributed by atoms with Crippen LogP contribution in [0.1, 0.15) is 32.6 Å². The Kier molecular flexibility index (Phi) is 7.23. The summed E-state index contributed by atoms with van der Waals surface area (Å²) < 4.78 is 10.6. The number of carbonyl (C=O) groups is 2. The van der Waals surface area contributed by atoms with Crippen LogP contribution in [0.15, 0.2) is 0 Å². The lowest BCUT2D eigenvalue weighted by atomic mass is 9.86. The van der Waals surface area contributed by atoms with E-state index in [1.165, 1.54) is 0 Å². The molecule has 1 saturated carbocycles. The summed E-state index contributed by atoms with van der Waals surface area (Å²) in [6.07, 6.45) is 3.09. The van der Waals surface area contributed by atoms with Crippen molar-refractivity contribution in [1.82, 2.24) is 0 Å². The maximum atomic E-state index is 11.4. The Bertz CT molecular complexity index is 307. The molecule has 3 unspecified atom stereocenters. The van der Waals surface area contributed by atoms with E-state index in [1.54, 1.807) is 6.92 Å². The fourth-order valence-electron chi connectivity index (χ4n) is 2.14. The van der Waals surface area contributed by atoms with Crippen LogP contribution in [0.5, 0.6) is 0 Å². The highest BCUT2D eigenvalue weighted by Crippen LogP contribution is 2.27. The molecule has 1 aliphatic carbocycles. The van der Waals surface area contributed by atoms with E-state index in [9.17, 15) is 9.59 Å². The molecule has 1 rings (SSSR count). The summed E-state index contributed by atoms with van der Waals surface area (Å²) in [5.74, 6) is -1.31. The van der Waals surface area contributed by atoms with Crippen molar-refractivity contribution in [3.05, 3.63) is 0 Å². The zero-order chi connectivity index (χ0) is 14.3. The third-order valence-electron chi connectivity index (χ3n) is 3.36. The summed E-state index contributed by atoms with van der Waals surface area (Å²) in [6.45, 7) is 2.16. The van der Waals surface area contributed by atoms with E-state index in [2.05, 4.69) is 12.6 Å². The van der Waals surface area contributed by atoms with E-state index >= 15 is 0 Å². The van der Waals surface area contributed by atoms with Gasteiger partial charge in [-0.2, -0.15) is 12.6 Å². The van der Waals surface area contributed by atoms with Gasteiger partial charge in [0.2, 0.25) is 0 Å². The average molecular weight is 290 g/mol. The van der Waals surface area contributed by atoms with Crippen molar-refractivity contribution < 1.29 is 24.2 Å². The molecule has 0 aliphatic heterocycles. The zero-order valence-electron chi connectivity index (χ0n) is 11.2. The van der Waals surface area contributed by atoms with Crippen LogP contribution < -0.4 is 0 Å². The van der Waals surface area contributed by atoms with Gasteiger partial charge >= 0.3 is 11.9 Å². The van der Waals surface area contributed by atoms with Crippen LogP contribution in [0.2, 0.25) is 0 Å². The first-order chi connectivity index (χ1) is 9.06. The van der Waals surface area contributed by atoms with Crippen LogP contribution in [0.4, 0.5) is 0 Å². The molecular weight excluding hydrogens is 268 g/mol. The molecule has 3 atom stereocenters. The fourth-order valence-corrected chi connectivity index (χ4v) is 2.29. The van der Waals surface area contributed by atoms with Crippen molar-refractivity contribution in [2.75, 3.05) is 19.0 Å². The highest BCUT2D eigenvalue weighted by Gasteiger charge is 2.31. The van der Waals surface area contributed by atoms with Crippen molar-refractivity contribution >= 4 is 24.6 Å². The van der Waals surface area contributed by atoms with E-state index in [4.69, 9.17) is 14.6 Å². The molecule has 0 aromatic rings. The molecule has 110 valence electrons. The van der Waals surface area contributed by atoms with Crippen LogP contribution in [0.3, 0.4) is 0 Å². The minimum Gasteiger partial charge on any atom is -0.481 e. The fraction of sp³-hybridized carbons (Fsp3) is 0.846. The largest absolute Gasteiger partial charge is 0.481 e. The van der Waals surface area contributed by atoms with Gasteiger partial charge in [-0.3, -0.25) is 9.59 Å². The average Bonchev–Trinajstić information content (AvgIpc) is 2.42. The van der Waals surface area contributed by atoms with Gasteiger partial charge in [-0.15, -0.1) is 0 Å². The minimum absolute atomic E-state index is 0.166. The van der Waals surface area contributed by atoms with Gasteiger partial charge in [-0.25, -0.2) is 0 Å². The molecule has 1 N–H and O–H groups in total. The topological polar surface area (TPSA) is 72.8 Å². The van der Waals surface area contributed by atoms with Crippen molar-refractivity contribution in [1.29, 1.82) is 0 Å². The van der Waals surface area contributed by atoms with Gasteiger partial charge < -0.3 is 14.6 Å². The third-order valence-corrected chi connectivity index (χ3v) is 3.90. The van der Waals surface area contributed by atoms with Crippen LogP contribution >= 0.6 is 12.6 Å². The van der Waals surface area contributed by atoms with Crippen molar-refractivity contribution in [3.8, 4) is 0 Å². The maximum Gasteiger partial charge on any atom is 0.309 e. The number of carboxylic acid groups (broad SMARTS) is 1. The first kappa shape index (κ1) is 16.3. The molecule has 1 aliphatic rings. The molecule has 6 heteroatoms. The van der Waals surface area contributed by atoms with Gasteiger partial charge in [0.1, 0.15) is 6.61 Å². The number of hydrogen-bond acceptors (Lipinski definition) is 5. The molecule has 0 spiro atoms. The Morgan fingerprint density at radius 1 is 1.32 bits per heavy atom. The van der Waals surface area contributed by atoms with Gasteiger partial charge in [0.25, 0.3) is 0 Å². The number of carboxylic acids is 1. The lowest BCUT2D eigenvalue weighted by Gasteiger charge is -2.28. The van der Waals surface area contributed by atoms with Gasteiger partial charge in [-0.05, 0) is 12.8 Å². The Morgan fingerprint density at radius 2 is 2.00 bits per heavy atom. The smallest absolute Gasteiger partial charge is 0.309 e. The molecule has 0 radical (unpaired) electrons. The Balaban J connectivity index is 2.24. The monoisotopic (exact) mass is 290 g/mol. The normalized spacial score (nSPS) is 24.7. The Labute approximate surface area is 119 Å². The summed E-state index contributed by atoms with van der Waals surface area (Å²) in [7, 11) is 0. The zero-order valence-corrected chi connectivity index (χ0v) is 12.1. The summed E-state index contributed by atoms with van der Waals surface area (Å²) >= 11 is 4.02. The molecule has 0 amide bonds. The van der Waals surface area contributed by atoms with Gasteiger partial charge in [0.05, 0.1) is 24.5 Å². The second kappa shape index (κ2) is 8.43. The van der Waals surface area contributed by atoms with Crippen LogP contribution in [0, 0.1) is 11.8 Å². The standard InChI is InChI=1S/C13H22O5S/c1-9(8-19)13(16)18-7-6-17-11-5-3-2-4-10(11)12(14)15/h9-11,19H,2-8H2,1H3,(H,14,15). The van der Waals surface area contributed by atoms with Gasteiger partial charge in [-0.1, -0.05) is 19.8 Å². The van der Waals surface area contributed by atoms with Gasteiger partial charge in [0, 0.05) is 5.75 Å².